The molecule has 11 heteroatoms. The highest BCUT2D eigenvalue weighted by Gasteiger charge is 2.25. The van der Waals surface area contributed by atoms with E-state index in [0.29, 0.717) is 13.0 Å². The number of thiophene rings is 1. The van der Waals surface area contributed by atoms with Gasteiger partial charge in [0.1, 0.15) is 11.9 Å². The Morgan fingerprint density at radius 1 is 1.37 bits per heavy atom. The minimum atomic E-state index is -1.09. The molecule has 0 aliphatic carbocycles. The molecule has 2 heterocycles. The van der Waals surface area contributed by atoms with Crippen LogP contribution in [0, 0.1) is 5.41 Å². The molecular weight excluding hydrogens is 408 g/mol. The Morgan fingerprint density at radius 2 is 2.13 bits per heavy atom. The van der Waals surface area contributed by atoms with Gasteiger partial charge in [0, 0.05) is 30.8 Å². The average Bonchev–Trinajstić information content (AvgIpc) is 3.36. The molecule has 10 nitrogen and oxygen atoms in total. The Bertz CT molecular complexity index is 795. The van der Waals surface area contributed by atoms with E-state index in [1.165, 1.54) is 11.3 Å². The Hall–Kier alpha value is -2.76. The van der Waals surface area contributed by atoms with Crippen molar-refractivity contribution in [3.05, 3.63) is 34.0 Å². The van der Waals surface area contributed by atoms with Crippen LogP contribution in [0.3, 0.4) is 0 Å². The van der Waals surface area contributed by atoms with Crippen LogP contribution >= 0.6 is 11.3 Å². The van der Waals surface area contributed by atoms with Crippen LogP contribution < -0.4 is 27.4 Å². The Kier molecular flexibility index (Phi) is 8.96. The minimum Gasteiger partial charge on any atom is -0.480 e. The summed E-state index contributed by atoms with van der Waals surface area (Å²) in [6, 6.07) is 1.50. The molecule has 0 saturated carbocycles. The lowest BCUT2D eigenvalue weighted by Crippen LogP contribution is -2.44. The van der Waals surface area contributed by atoms with Crippen LogP contribution in [-0.2, 0) is 20.8 Å². The molecule has 2 rings (SSSR count). The summed E-state index contributed by atoms with van der Waals surface area (Å²) < 4.78 is 0. The lowest BCUT2D eigenvalue weighted by atomic mass is 10.0. The van der Waals surface area contributed by atoms with Crippen molar-refractivity contribution in [3.63, 3.8) is 0 Å². The van der Waals surface area contributed by atoms with Crippen LogP contribution in [-0.4, -0.2) is 59.9 Å². The first-order valence-electron chi connectivity index (χ1n) is 9.62. The molecule has 0 saturated heterocycles. The van der Waals surface area contributed by atoms with Crippen LogP contribution in [0.4, 0.5) is 0 Å². The largest absolute Gasteiger partial charge is 0.480 e. The van der Waals surface area contributed by atoms with Crippen molar-refractivity contribution in [1.29, 1.82) is 5.41 Å². The summed E-state index contributed by atoms with van der Waals surface area (Å²) in [5.74, 6) is -1.85. The van der Waals surface area contributed by atoms with Gasteiger partial charge in [0.05, 0.1) is 12.1 Å². The highest BCUT2D eigenvalue weighted by Crippen LogP contribution is 2.14. The van der Waals surface area contributed by atoms with Crippen molar-refractivity contribution in [1.82, 2.24) is 16.0 Å². The van der Waals surface area contributed by atoms with Gasteiger partial charge >= 0.3 is 5.97 Å². The molecule has 1 aromatic rings. The number of carboxylic acids is 1. The number of hydrogen-bond donors (Lipinski definition) is 7. The van der Waals surface area contributed by atoms with Gasteiger partial charge in [-0.3, -0.25) is 15.0 Å². The fourth-order valence-electron chi connectivity index (χ4n) is 3.10. The molecule has 0 aromatic carbocycles. The van der Waals surface area contributed by atoms with E-state index in [1.807, 2.05) is 23.6 Å². The second-order valence-electron chi connectivity index (χ2n) is 7.02. The zero-order valence-electron chi connectivity index (χ0n) is 16.5. The third kappa shape index (κ3) is 7.25. The van der Waals surface area contributed by atoms with Gasteiger partial charge in [-0.25, -0.2) is 4.79 Å². The van der Waals surface area contributed by atoms with Gasteiger partial charge in [-0.05, 0) is 29.9 Å². The normalized spacial score (nSPS) is 17.6. The fraction of sp³-hybridized carbons (Fsp3) is 0.474. The molecule has 9 N–H and O–H groups in total. The predicted octanol–water partition coefficient (Wildman–Crippen LogP) is -0.692. The van der Waals surface area contributed by atoms with E-state index in [-0.39, 0.29) is 49.5 Å². The molecule has 30 heavy (non-hydrogen) atoms. The van der Waals surface area contributed by atoms with Crippen molar-refractivity contribution in [2.75, 3.05) is 13.1 Å². The minimum absolute atomic E-state index is 0.0175. The number of rotatable bonds is 12. The standard InChI is InChI=1S/C19H28N6O4S/c20-13(9-11-5-7-23-16(11)17(21)22)18(27)24-6-1-4-15(26)25-14(19(28)29)10-12-3-2-8-30-12/h2-3,5,8,13-14,16,23H,1,4,6-7,9-10,20H2,(H3,21,22)(H,24,27)(H,25,26)(H,28,29). The molecule has 1 aliphatic rings. The lowest BCUT2D eigenvalue weighted by molar-refractivity contribution is -0.141. The van der Waals surface area contributed by atoms with E-state index in [1.54, 1.807) is 0 Å². The molecule has 0 radical (unpaired) electrons. The number of aliphatic carboxylic acids is 1. The number of nitrogens with one attached hydrogen (secondary N) is 4. The zero-order valence-corrected chi connectivity index (χ0v) is 17.3. The van der Waals surface area contributed by atoms with E-state index in [9.17, 15) is 19.5 Å². The first kappa shape index (κ1) is 23.5. The zero-order chi connectivity index (χ0) is 22.1. The molecule has 164 valence electrons. The van der Waals surface area contributed by atoms with Gasteiger partial charge in [0.25, 0.3) is 0 Å². The molecule has 0 fully saturated rings. The van der Waals surface area contributed by atoms with Crippen LogP contribution in [0.25, 0.3) is 0 Å². The van der Waals surface area contributed by atoms with Crippen molar-refractivity contribution in [2.24, 2.45) is 11.5 Å². The van der Waals surface area contributed by atoms with E-state index < -0.39 is 18.1 Å². The van der Waals surface area contributed by atoms with Crippen molar-refractivity contribution in [3.8, 4) is 0 Å². The topological polar surface area (TPSA) is 183 Å². The summed E-state index contributed by atoms with van der Waals surface area (Å²) in [4.78, 5) is 36.4. The smallest absolute Gasteiger partial charge is 0.326 e. The van der Waals surface area contributed by atoms with E-state index in [4.69, 9.17) is 16.9 Å². The van der Waals surface area contributed by atoms with E-state index >= 15 is 0 Å². The number of hydrogen-bond acceptors (Lipinski definition) is 7. The maximum atomic E-state index is 12.2. The number of amides is 2. The third-order valence-electron chi connectivity index (χ3n) is 4.66. The number of carboxylic acid groups (broad SMARTS) is 1. The number of carbonyl (C=O) groups excluding carboxylic acids is 2. The lowest BCUT2D eigenvalue weighted by Gasteiger charge is -2.18. The van der Waals surface area contributed by atoms with Gasteiger partial charge in [-0.15, -0.1) is 11.3 Å². The second-order valence-corrected chi connectivity index (χ2v) is 8.05. The number of carbonyl (C=O) groups is 3. The highest BCUT2D eigenvalue weighted by molar-refractivity contribution is 7.09. The number of nitrogens with two attached hydrogens (primary N) is 2. The van der Waals surface area contributed by atoms with Gasteiger partial charge in [-0.2, -0.15) is 0 Å². The maximum absolute atomic E-state index is 12.2. The summed E-state index contributed by atoms with van der Waals surface area (Å²) in [7, 11) is 0. The fourth-order valence-corrected chi connectivity index (χ4v) is 3.85. The molecule has 0 spiro atoms. The summed E-state index contributed by atoms with van der Waals surface area (Å²) in [6.07, 6.45) is 2.84. The SMILES string of the molecule is N=C(N)C1NCC=C1CC(N)C(=O)NCCCC(=O)NC(Cc1cccs1)C(=O)O. The quantitative estimate of drug-likeness (QED) is 0.0978. The Labute approximate surface area is 178 Å². The second kappa shape index (κ2) is 11.4. The summed E-state index contributed by atoms with van der Waals surface area (Å²) in [6.45, 7) is 0.822. The van der Waals surface area contributed by atoms with Gasteiger partial charge in [0.2, 0.25) is 11.8 Å². The summed E-state index contributed by atoms with van der Waals surface area (Å²) in [5.41, 5.74) is 12.3. The maximum Gasteiger partial charge on any atom is 0.326 e. The summed E-state index contributed by atoms with van der Waals surface area (Å²) in [5, 5.41) is 26.9. The van der Waals surface area contributed by atoms with Crippen LogP contribution in [0.2, 0.25) is 0 Å². The molecule has 1 aromatic heterocycles. The van der Waals surface area contributed by atoms with Gasteiger partial charge in [0.15, 0.2) is 0 Å². The van der Waals surface area contributed by atoms with E-state index in [2.05, 4.69) is 16.0 Å². The van der Waals surface area contributed by atoms with Crippen molar-refractivity contribution < 1.29 is 19.5 Å². The molecule has 1 aliphatic heterocycles. The highest BCUT2D eigenvalue weighted by atomic mass is 32.1. The van der Waals surface area contributed by atoms with Gasteiger partial charge in [-0.1, -0.05) is 12.1 Å². The van der Waals surface area contributed by atoms with Crippen LogP contribution in [0.1, 0.15) is 24.1 Å². The van der Waals surface area contributed by atoms with Gasteiger partial charge < -0.3 is 32.5 Å². The predicted molar refractivity (Wildman–Crippen MR) is 114 cm³/mol. The Balaban J connectivity index is 1.68. The molecular formula is C19H28N6O4S. The monoisotopic (exact) mass is 436 g/mol. The van der Waals surface area contributed by atoms with E-state index in [0.717, 1.165) is 10.5 Å². The van der Waals surface area contributed by atoms with Crippen molar-refractivity contribution in [2.45, 2.75) is 43.8 Å². The number of amidine groups is 1. The van der Waals surface area contributed by atoms with Crippen LogP contribution in [0.15, 0.2) is 29.2 Å². The molecule has 0 bridgehead atoms. The first-order chi connectivity index (χ1) is 14.3. The molecule has 3 atom stereocenters. The third-order valence-corrected chi connectivity index (χ3v) is 5.56. The van der Waals surface area contributed by atoms with Crippen molar-refractivity contribution >= 4 is 35.0 Å². The molecule has 3 unspecified atom stereocenters. The van der Waals surface area contributed by atoms with Crippen LogP contribution in [0.5, 0.6) is 0 Å². The Morgan fingerprint density at radius 3 is 2.77 bits per heavy atom. The first-order valence-corrected chi connectivity index (χ1v) is 10.5. The molecule has 2 amide bonds. The average molecular weight is 437 g/mol. The summed E-state index contributed by atoms with van der Waals surface area (Å²) >= 11 is 1.44.